The molecule has 17 heavy (non-hydrogen) atoms. The second-order valence-corrected chi connectivity index (χ2v) is 5.16. The molecule has 1 aliphatic rings. The highest BCUT2D eigenvalue weighted by Gasteiger charge is 2.23. The van der Waals surface area contributed by atoms with Crippen LogP contribution < -0.4 is 0 Å². The maximum absolute atomic E-state index is 11.7. The van der Waals surface area contributed by atoms with Gasteiger partial charge >= 0.3 is 5.97 Å². The number of piperidine rings is 1. The van der Waals surface area contributed by atoms with Crippen molar-refractivity contribution in [2.75, 3.05) is 26.2 Å². The first-order chi connectivity index (χ1) is 8.01. The van der Waals surface area contributed by atoms with Crippen molar-refractivity contribution >= 4 is 11.8 Å². The smallest absolute Gasteiger partial charge is 0.313 e. The largest absolute Gasteiger partial charge is 0.466 e. The summed E-state index contributed by atoms with van der Waals surface area (Å²) >= 11 is 0. The van der Waals surface area contributed by atoms with Gasteiger partial charge in [-0.1, -0.05) is 13.8 Å². The first-order valence-electron chi connectivity index (χ1n) is 6.41. The van der Waals surface area contributed by atoms with Gasteiger partial charge < -0.3 is 4.74 Å². The average Bonchev–Trinajstić information content (AvgIpc) is 2.14. The van der Waals surface area contributed by atoms with Crippen LogP contribution in [-0.4, -0.2) is 42.9 Å². The molecule has 98 valence electrons. The lowest BCUT2D eigenvalue weighted by atomic mass is 9.92. The van der Waals surface area contributed by atoms with E-state index >= 15 is 0 Å². The fourth-order valence-electron chi connectivity index (χ4n) is 2.60. The predicted octanol–water partition coefficient (Wildman–Crippen LogP) is 1.49. The van der Waals surface area contributed by atoms with Crippen LogP contribution in [0.3, 0.4) is 0 Å². The molecule has 4 nitrogen and oxygen atoms in total. The van der Waals surface area contributed by atoms with Crippen molar-refractivity contribution in [2.24, 2.45) is 11.8 Å². The van der Waals surface area contributed by atoms with Crippen LogP contribution in [-0.2, 0) is 14.3 Å². The van der Waals surface area contributed by atoms with Crippen LogP contribution in [0.2, 0.25) is 0 Å². The van der Waals surface area contributed by atoms with E-state index in [1.54, 1.807) is 6.92 Å². The van der Waals surface area contributed by atoms with Gasteiger partial charge in [0.2, 0.25) is 0 Å². The Balaban J connectivity index is 2.32. The van der Waals surface area contributed by atoms with Gasteiger partial charge in [-0.15, -0.1) is 0 Å². The van der Waals surface area contributed by atoms with E-state index in [4.69, 9.17) is 4.74 Å². The lowest BCUT2D eigenvalue weighted by molar-refractivity contribution is -0.145. The zero-order chi connectivity index (χ0) is 12.8. The van der Waals surface area contributed by atoms with Crippen LogP contribution >= 0.6 is 0 Å². The lowest BCUT2D eigenvalue weighted by Gasteiger charge is -2.34. The maximum Gasteiger partial charge on any atom is 0.313 e. The van der Waals surface area contributed by atoms with Crippen molar-refractivity contribution in [3.63, 3.8) is 0 Å². The fourth-order valence-corrected chi connectivity index (χ4v) is 2.60. The molecule has 0 spiro atoms. The first-order valence-corrected chi connectivity index (χ1v) is 6.41. The molecule has 0 saturated carbocycles. The standard InChI is InChI=1S/C13H23NO3/c1-4-17-13(16)6-12(15)9-14-7-10(2)5-11(3)8-14/h10-11H,4-9H2,1-3H3. The Morgan fingerprint density at radius 1 is 1.24 bits per heavy atom. The summed E-state index contributed by atoms with van der Waals surface area (Å²) in [5.41, 5.74) is 0. The third-order valence-corrected chi connectivity index (χ3v) is 2.99. The number of carbonyl (C=O) groups is 2. The van der Waals surface area contributed by atoms with Crippen LogP contribution in [0.5, 0.6) is 0 Å². The molecule has 1 aliphatic heterocycles. The number of carbonyl (C=O) groups excluding carboxylic acids is 2. The van der Waals surface area contributed by atoms with Gasteiger partial charge in [0.25, 0.3) is 0 Å². The SMILES string of the molecule is CCOC(=O)CC(=O)CN1CC(C)CC(C)C1. The molecule has 0 amide bonds. The quantitative estimate of drug-likeness (QED) is 0.540. The Morgan fingerprint density at radius 2 is 1.82 bits per heavy atom. The van der Waals surface area contributed by atoms with E-state index in [0.717, 1.165) is 13.1 Å². The molecule has 0 bridgehead atoms. The van der Waals surface area contributed by atoms with Crippen LogP contribution in [0.25, 0.3) is 0 Å². The minimum absolute atomic E-state index is 0.0373. The Kier molecular flexibility index (Phi) is 5.62. The van der Waals surface area contributed by atoms with Crippen molar-refractivity contribution in [2.45, 2.75) is 33.6 Å². The normalized spacial score (nSPS) is 25.6. The van der Waals surface area contributed by atoms with Crippen molar-refractivity contribution in [1.29, 1.82) is 0 Å². The lowest BCUT2D eigenvalue weighted by Crippen LogP contribution is -2.41. The number of ketones is 1. The monoisotopic (exact) mass is 241 g/mol. The first kappa shape index (κ1) is 14.2. The van der Waals surface area contributed by atoms with Gasteiger partial charge in [0.1, 0.15) is 6.42 Å². The zero-order valence-electron chi connectivity index (χ0n) is 11.1. The molecular weight excluding hydrogens is 218 g/mol. The Hall–Kier alpha value is -0.900. The van der Waals surface area contributed by atoms with E-state index in [9.17, 15) is 9.59 Å². The molecule has 0 aromatic carbocycles. The third-order valence-electron chi connectivity index (χ3n) is 2.99. The summed E-state index contributed by atoms with van der Waals surface area (Å²) in [5.74, 6) is 0.823. The van der Waals surface area contributed by atoms with Crippen molar-refractivity contribution in [3.05, 3.63) is 0 Å². The van der Waals surface area contributed by atoms with Gasteiger partial charge in [-0.2, -0.15) is 0 Å². The topological polar surface area (TPSA) is 46.6 Å². The van der Waals surface area contributed by atoms with Crippen LogP contribution in [0.1, 0.15) is 33.6 Å². The minimum atomic E-state index is -0.407. The van der Waals surface area contributed by atoms with E-state index in [0.29, 0.717) is 25.0 Å². The number of esters is 1. The Morgan fingerprint density at radius 3 is 2.35 bits per heavy atom. The molecular formula is C13H23NO3. The average molecular weight is 241 g/mol. The Labute approximate surface area is 103 Å². The van der Waals surface area contributed by atoms with Crippen molar-refractivity contribution in [3.8, 4) is 0 Å². The number of ether oxygens (including phenoxy) is 1. The summed E-state index contributed by atoms with van der Waals surface area (Å²) in [6, 6.07) is 0. The molecule has 0 aliphatic carbocycles. The minimum Gasteiger partial charge on any atom is -0.466 e. The number of nitrogens with zero attached hydrogens (tertiary/aromatic N) is 1. The van der Waals surface area contributed by atoms with E-state index < -0.39 is 5.97 Å². The summed E-state index contributed by atoms with van der Waals surface area (Å²) in [6.45, 7) is 8.79. The highest BCUT2D eigenvalue weighted by Crippen LogP contribution is 2.20. The molecule has 4 heteroatoms. The molecule has 2 atom stereocenters. The van der Waals surface area contributed by atoms with Crippen molar-refractivity contribution in [1.82, 2.24) is 4.90 Å². The van der Waals surface area contributed by atoms with Gasteiger partial charge in [0, 0.05) is 13.1 Å². The highest BCUT2D eigenvalue weighted by atomic mass is 16.5. The summed E-state index contributed by atoms with van der Waals surface area (Å²) in [5, 5.41) is 0. The van der Waals surface area contributed by atoms with Crippen molar-refractivity contribution < 1.29 is 14.3 Å². The molecule has 0 radical (unpaired) electrons. The van der Waals surface area contributed by atoms with E-state index in [1.807, 2.05) is 0 Å². The summed E-state index contributed by atoms with van der Waals surface area (Å²) < 4.78 is 4.77. The fraction of sp³-hybridized carbons (Fsp3) is 0.846. The van der Waals surface area contributed by atoms with E-state index in [2.05, 4.69) is 18.7 Å². The number of likely N-dealkylation sites (tertiary alicyclic amines) is 1. The zero-order valence-corrected chi connectivity index (χ0v) is 11.1. The number of Topliss-reactive ketones (excluding diaryl/α,β-unsaturated/α-hetero) is 1. The second kappa shape index (κ2) is 6.74. The van der Waals surface area contributed by atoms with Crippen LogP contribution in [0.4, 0.5) is 0 Å². The van der Waals surface area contributed by atoms with Gasteiger partial charge in [0.15, 0.2) is 5.78 Å². The van der Waals surface area contributed by atoms with Gasteiger partial charge in [-0.3, -0.25) is 14.5 Å². The molecule has 0 N–H and O–H groups in total. The molecule has 1 heterocycles. The summed E-state index contributed by atoms with van der Waals surface area (Å²) in [6.07, 6.45) is 1.13. The van der Waals surface area contributed by atoms with Gasteiger partial charge in [0.05, 0.1) is 13.2 Å². The molecule has 1 rings (SSSR count). The second-order valence-electron chi connectivity index (χ2n) is 5.16. The predicted molar refractivity (Wildman–Crippen MR) is 65.6 cm³/mol. The van der Waals surface area contributed by atoms with Crippen LogP contribution in [0, 0.1) is 11.8 Å². The molecule has 0 aromatic rings. The van der Waals surface area contributed by atoms with Crippen LogP contribution in [0.15, 0.2) is 0 Å². The number of rotatable bonds is 5. The molecule has 2 unspecified atom stereocenters. The molecule has 1 fully saturated rings. The maximum atomic E-state index is 11.7. The Bertz CT molecular complexity index is 268. The van der Waals surface area contributed by atoms with Gasteiger partial charge in [-0.25, -0.2) is 0 Å². The summed E-state index contributed by atoms with van der Waals surface area (Å²) in [7, 11) is 0. The number of hydrogen-bond donors (Lipinski definition) is 0. The molecule has 0 aromatic heterocycles. The van der Waals surface area contributed by atoms with E-state index in [-0.39, 0.29) is 12.2 Å². The summed E-state index contributed by atoms with van der Waals surface area (Å²) in [4.78, 5) is 25.0. The third kappa shape index (κ3) is 5.31. The van der Waals surface area contributed by atoms with E-state index in [1.165, 1.54) is 6.42 Å². The van der Waals surface area contributed by atoms with Gasteiger partial charge in [-0.05, 0) is 25.2 Å². The molecule has 1 saturated heterocycles. The number of hydrogen-bond acceptors (Lipinski definition) is 4. The highest BCUT2D eigenvalue weighted by molar-refractivity contribution is 5.96.